The molecule has 0 aliphatic heterocycles. The molecule has 1 amide bonds. The van der Waals surface area contributed by atoms with Crippen LogP contribution in [0.4, 0.5) is 11.4 Å². The average Bonchev–Trinajstić information content (AvgIpc) is 2.38. The van der Waals surface area contributed by atoms with Crippen molar-refractivity contribution in [2.24, 2.45) is 0 Å². The van der Waals surface area contributed by atoms with Gasteiger partial charge in [0.05, 0.1) is 16.3 Å². The molecule has 2 aromatic rings. The summed E-state index contributed by atoms with van der Waals surface area (Å²) in [5.74, 6) is -0.312. The molecule has 0 aliphatic carbocycles. The standard InChI is InChI=1S/C13H12ClN3O/c14-10-6-2-4-8-12(10)16-17-13(18)9-5-1-3-7-11(9)15/h1-8,16H,15H2,(H,17,18). The van der Waals surface area contributed by atoms with E-state index >= 15 is 0 Å². The lowest BCUT2D eigenvalue weighted by molar-refractivity contribution is 0.0963. The average molecular weight is 262 g/mol. The number of nitrogen functional groups attached to an aromatic ring is 1. The molecule has 92 valence electrons. The van der Waals surface area contributed by atoms with Gasteiger partial charge in [0.2, 0.25) is 0 Å². The molecule has 0 unspecified atom stereocenters. The van der Waals surface area contributed by atoms with Crippen LogP contribution in [0.2, 0.25) is 5.02 Å². The number of hydrogen-bond donors (Lipinski definition) is 3. The molecule has 18 heavy (non-hydrogen) atoms. The van der Waals surface area contributed by atoms with Crippen molar-refractivity contribution in [3.8, 4) is 0 Å². The van der Waals surface area contributed by atoms with E-state index in [1.807, 2.05) is 12.1 Å². The zero-order valence-electron chi connectivity index (χ0n) is 9.48. The van der Waals surface area contributed by atoms with Gasteiger partial charge in [0.25, 0.3) is 5.91 Å². The van der Waals surface area contributed by atoms with E-state index in [-0.39, 0.29) is 5.91 Å². The maximum absolute atomic E-state index is 11.9. The van der Waals surface area contributed by atoms with Crippen LogP contribution in [0.15, 0.2) is 48.5 Å². The molecule has 0 fully saturated rings. The number of nitrogens with one attached hydrogen (secondary N) is 2. The molecule has 0 heterocycles. The Balaban J connectivity index is 2.06. The third kappa shape index (κ3) is 2.73. The van der Waals surface area contributed by atoms with Gasteiger partial charge >= 0.3 is 0 Å². The molecule has 2 aromatic carbocycles. The van der Waals surface area contributed by atoms with E-state index in [9.17, 15) is 4.79 Å². The van der Waals surface area contributed by atoms with Crippen LogP contribution < -0.4 is 16.6 Å². The van der Waals surface area contributed by atoms with Crippen molar-refractivity contribution in [2.75, 3.05) is 11.2 Å². The highest BCUT2D eigenvalue weighted by atomic mass is 35.5. The number of rotatable bonds is 3. The molecule has 5 heteroatoms. The number of amides is 1. The number of carbonyl (C=O) groups excluding carboxylic acids is 1. The lowest BCUT2D eigenvalue weighted by Crippen LogP contribution is -2.30. The number of hydrogen-bond acceptors (Lipinski definition) is 3. The number of carbonyl (C=O) groups is 1. The molecule has 4 N–H and O–H groups in total. The van der Waals surface area contributed by atoms with E-state index in [1.165, 1.54) is 0 Å². The van der Waals surface area contributed by atoms with Crippen molar-refractivity contribution in [1.82, 2.24) is 5.43 Å². The predicted octanol–water partition coefficient (Wildman–Crippen LogP) is 2.68. The minimum absolute atomic E-state index is 0.312. The summed E-state index contributed by atoms with van der Waals surface area (Å²) in [4.78, 5) is 11.9. The quantitative estimate of drug-likeness (QED) is 0.588. The number of benzene rings is 2. The van der Waals surface area contributed by atoms with Crippen molar-refractivity contribution >= 4 is 28.9 Å². The van der Waals surface area contributed by atoms with Crippen LogP contribution in [0.3, 0.4) is 0 Å². The van der Waals surface area contributed by atoms with E-state index < -0.39 is 0 Å². The largest absolute Gasteiger partial charge is 0.398 e. The van der Waals surface area contributed by atoms with E-state index in [0.717, 1.165) is 0 Å². The first-order valence-corrected chi connectivity index (χ1v) is 5.71. The van der Waals surface area contributed by atoms with Gasteiger partial charge in [-0.3, -0.25) is 15.6 Å². The van der Waals surface area contributed by atoms with Crippen molar-refractivity contribution in [3.63, 3.8) is 0 Å². The van der Waals surface area contributed by atoms with Crippen LogP contribution in [0.25, 0.3) is 0 Å². The second-order valence-electron chi connectivity index (χ2n) is 3.65. The molecular weight excluding hydrogens is 250 g/mol. The number of para-hydroxylation sites is 2. The smallest absolute Gasteiger partial charge is 0.271 e. The molecule has 0 spiro atoms. The van der Waals surface area contributed by atoms with E-state index in [4.69, 9.17) is 17.3 Å². The number of hydrazine groups is 1. The molecule has 0 atom stereocenters. The minimum atomic E-state index is -0.312. The van der Waals surface area contributed by atoms with Gasteiger partial charge in [-0.15, -0.1) is 0 Å². The van der Waals surface area contributed by atoms with Crippen molar-refractivity contribution in [3.05, 3.63) is 59.1 Å². The summed E-state index contributed by atoms with van der Waals surface area (Å²) >= 11 is 5.95. The Morgan fingerprint density at radius 3 is 2.44 bits per heavy atom. The maximum Gasteiger partial charge on any atom is 0.271 e. The van der Waals surface area contributed by atoms with Crippen molar-refractivity contribution in [1.29, 1.82) is 0 Å². The summed E-state index contributed by atoms with van der Waals surface area (Å²) in [6.07, 6.45) is 0. The highest BCUT2D eigenvalue weighted by Crippen LogP contribution is 2.19. The molecule has 0 aromatic heterocycles. The third-order valence-corrected chi connectivity index (χ3v) is 2.72. The summed E-state index contributed by atoms with van der Waals surface area (Å²) in [6.45, 7) is 0. The number of halogens is 1. The van der Waals surface area contributed by atoms with Crippen molar-refractivity contribution in [2.45, 2.75) is 0 Å². The second kappa shape index (κ2) is 5.42. The summed E-state index contributed by atoms with van der Waals surface area (Å²) < 4.78 is 0. The van der Waals surface area contributed by atoms with E-state index in [0.29, 0.717) is 22.0 Å². The third-order valence-electron chi connectivity index (χ3n) is 2.39. The minimum Gasteiger partial charge on any atom is -0.398 e. The lowest BCUT2D eigenvalue weighted by Gasteiger charge is -2.10. The Morgan fingerprint density at radius 2 is 1.72 bits per heavy atom. The van der Waals surface area contributed by atoms with Crippen LogP contribution in [0, 0.1) is 0 Å². The second-order valence-corrected chi connectivity index (χ2v) is 4.05. The topological polar surface area (TPSA) is 67.2 Å². The molecule has 0 saturated carbocycles. The normalized spacial score (nSPS) is 9.83. The molecular formula is C13H12ClN3O. The van der Waals surface area contributed by atoms with Gasteiger partial charge in [0.15, 0.2) is 0 Å². The summed E-state index contributed by atoms with van der Waals surface area (Å²) in [5.41, 5.74) is 12.5. The van der Waals surface area contributed by atoms with Crippen LogP contribution in [0.5, 0.6) is 0 Å². The maximum atomic E-state index is 11.9. The van der Waals surface area contributed by atoms with Crippen LogP contribution in [-0.2, 0) is 0 Å². The summed E-state index contributed by atoms with van der Waals surface area (Å²) in [7, 11) is 0. The fraction of sp³-hybridized carbons (Fsp3) is 0. The lowest BCUT2D eigenvalue weighted by atomic mass is 10.2. The Morgan fingerprint density at radius 1 is 1.06 bits per heavy atom. The fourth-order valence-corrected chi connectivity index (χ4v) is 1.64. The molecule has 0 bridgehead atoms. The van der Waals surface area contributed by atoms with Crippen LogP contribution in [-0.4, -0.2) is 5.91 Å². The first kappa shape index (κ1) is 12.3. The predicted molar refractivity (Wildman–Crippen MR) is 73.4 cm³/mol. The van der Waals surface area contributed by atoms with Gasteiger partial charge in [-0.1, -0.05) is 35.9 Å². The molecule has 4 nitrogen and oxygen atoms in total. The first-order chi connectivity index (χ1) is 8.68. The van der Waals surface area contributed by atoms with Crippen LogP contribution in [0.1, 0.15) is 10.4 Å². The van der Waals surface area contributed by atoms with E-state index in [1.54, 1.807) is 36.4 Å². The molecule has 0 saturated heterocycles. The van der Waals surface area contributed by atoms with E-state index in [2.05, 4.69) is 10.9 Å². The highest BCUT2D eigenvalue weighted by Gasteiger charge is 2.08. The molecule has 2 rings (SSSR count). The Kier molecular flexibility index (Phi) is 3.69. The number of anilines is 2. The number of nitrogens with two attached hydrogens (primary N) is 1. The molecule has 0 aliphatic rings. The van der Waals surface area contributed by atoms with Gasteiger partial charge in [0.1, 0.15) is 0 Å². The van der Waals surface area contributed by atoms with Crippen LogP contribution >= 0.6 is 11.6 Å². The Bertz CT molecular complexity index is 572. The fourth-order valence-electron chi connectivity index (χ4n) is 1.46. The van der Waals surface area contributed by atoms with Gasteiger partial charge in [-0.05, 0) is 24.3 Å². The zero-order chi connectivity index (χ0) is 13.0. The van der Waals surface area contributed by atoms with Crippen molar-refractivity contribution < 1.29 is 4.79 Å². The Hall–Kier alpha value is -2.20. The Labute approximate surface area is 110 Å². The van der Waals surface area contributed by atoms with Gasteiger partial charge in [-0.2, -0.15) is 0 Å². The molecule has 0 radical (unpaired) electrons. The first-order valence-electron chi connectivity index (χ1n) is 5.34. The summed E-state index contributed by atoms with van der Waals surface area (Å²) in [5, 5.41) is 0.527. The summed E-state index contributed by atoms with van der Waals surface area (Å²) in [6, 6.07) is 14.0. The SMILES string of the molecule is Nc1ccccc1C(=O)NNc1ccccc1Cl. The van der Waals surface area contributed by atoms with Gasteiger partial charge in [-0.25, -0.2) is 0 Å². The zero-order valence-corrected chi connectivity index (χ0v) is 10.2. The monoisotopic (exact) mass is 261 g/mol. The van der Waals surface area contributed by atoms with Gasteiger partial charge < -0.3 is 5.73 Å². The highest BCUT2D eigenvalue weighted by molar-refractivity contribution is 6.33. The van der Waals surface area contributed by atoms with Gasteiger partial charge in [0, 0.05) is 5.69 Å².